The van der Waals surface area contributed by atoms with Gasteiger partial charge in [-0.05, 0) is 58.0 Å². The SMILES string of the molecule is Cc1cc(CNC(C)(C)C)nc(-c2ccc(O)cc2)n1. The van der Waals surface area contributed by atoms with Crippen LogP contribution in [0.25, 0.3) is 11.4 Å². The highest BCUT2D eigenvalue weighted by Gasteiger charge is 2.10. The van der Waals surface area contributed by atoms with E-state index in [2.05, 4.69) is 36.1 Å². The fourth-order valence-electron chi connectivity index (χ4n) is 1.82. The van der Waals surface area contributed by atoms with Crippen LogP contribution in [0.1, 0.15) is 32.2 Å². The van der Waals surface area contributed by atoms with Crippen LogP contribution in [0.15, 0.2) is 30.3 Å². The number of phenols is 1. The molecule has 1 aromatic heterocycles. The Balaban J connectivity index is 2.26. The van der Waals surface area contributed by atoms with E-state index in [0.29, 0.717) is 12.4 Å². The predicted molar refractivity (Wildman–Crippen MR) is 80.5 cm³/mol. The third-order valence-electron chi connectivity index (χ3n) is 2.83. The summed E-state index contributed by atoms with van der Waals surface area (Å²) in [6.45, 7) is 9.05. The average Bonchev–Trinajstić information content (AvgIpc) is 2.36. The lowest BCUT2D eigenvalue weighted by atomic mass is 10.1. The quantitative estimate of drug-likeness (QED) is 0.901. The number of nitrogens with zero attached hydrogens (tertiary/aromatic N) is 2. The Bertz CT molecular complexity index is 586. The van der Waals surface area contributed by atoms with Crippen LogP contribution in [0.5, 0.6) is 5.75 Å². The molecule has 0 aliphatic carbocycles. The van der Waals surface area contributed by atoms with Gasteiger partial charge in [0.15, 0.2) is 5.82 Å². The molecule has 0 aliphatic rings. The number of hydrogen-bond donors (Lipinski definition) is 2. The first-order valence-corrected chi connectivity index (χ1v) is 6.72. The van der Waals surface area contributed by atoms with Crippen molar-refractivity contribution in [3.05, 3.63) is 41.7 Å². The molecule has 20 heavy (non-hydrogen) atoms. The van der Waals surface area contributed by atoms with Gasteiger partial charge in [-0.15, -0.1) is 0 Å². The average molecular weight is 271 g/mol. The summed E-state index contributed by atoms with van der Waals surface area (Å²) in [5.41, 5.74) is 2.87. The molecular weight excluding hydrogens is 250 g/mol. The second-order valence-electron chi connectivity index (χ2n) is 5.97. The number of rotatable bonds is 3. The highest BCUT2D eigenvalue weighted by molar-refractivity contribution is 5.56. The Morgan fingerprint density at radius 2 is 1.75 bits per heavy atom. The lowest BCUT2D eigenvalue weighted by Gasteiger charge is -2.20. The van der Waals surface area contributed by atoms with Gasteiger partial charge >= 0.3 is 0 Å². The van der Waals surface area contributed by atoms with Crippen LogP contribution in [0.2, 0.25) is 0 Å². The summed E-state index contributed by atoms with van der Waals surface area (Å²) in [7, 11) is 0. The van der Waals surface area contributed by atoms with Gasteiger partial charge in [-0.25, -0.2) is 9.97 Å². The van der Waals surface area contributed by atoms with E-state index in [9.17, 15) is 5.11 Å². The minimum Gasteiger partial charge on any atom is -0.508 e. The molecule has 0 radical (unpaired) electrons. The van der Waals surface area contributed by atoms with E-state index in [1.54, 1.807) is 12.1 Å². The van der Waals surface area contributed by atoms with Crippen LogP contribution in [-0.2, 0) is 6.54 Å². The van der Waals surface area contributed by atoms with Crippen molar-refractivity contribution in [1.29, 1.82) is 0 Å². The fraction of sp³-hybridized carbons (Fsp3) is 0.375. The maximum atomic E-state index is 9.34. The van der Waals surface area contributed by atoms with Crippen molar-refractivity contribution in [2.24, 2.45) is 0 Å². The molecule has 4 nitrogen and oxygen atoms in total. The van der Waals surface area contributed by atoms with Gasteiger partial charge in [0, 0.05) is 23.3 Å². The van der Waals surface area contributed by atoms with E-state index < -0.39 is 0 Å². The predicted octanol–water partition coefficient (Wildman–Crippen LogP) is 3.05. The van der Waals surface area contributed by atoms with E-state index in [1.165, 1.54) is 0 Å². The lowest BCUT2D eigenvalue weighted by molar-refractivity contribution is 0.421. The van der Waals surface area contributed by atoms with Crippen molar-refractivity contribution >= 4 is 0 Å². The zero-order valence-electron chi connectivity index (χ0n) is 12.4. The molecule has 0 fully saturated rings. The van der Waals surface area contributed by atoms with Crippen molar-refractivity contribution in [2.75, 3.05) is 0 Å². The van der Waals surface area contributed by atoms with E-state index in [4.69, 9.17) is 0 Å². The van der Waals surface area contributed by atoms with Crippen molar-refractivity contribution < 1.29 is 5.11 Å². The molecule has 0 aliphatic heterocycles. The van der Waals surface area contributed by atoms with Crippen LogP contribution in [0.4, 0.5) is 0 Å². The second kappa shape index (κ2) is 5.59. The minimum atomic E-state index is 0.0531. The highest BCUT2D eigenvalue weighted by Crippen LogP contribution is 2.19. The number of aromatic nitrogens is 2. The first kappa shape index (κ1) is 14.5. The Morgan fingerprint density at radius 3 is 2.35 bits per heavy atom. The molecule has 2 aromatic rings. The first-order chi connectivity index (χ1) is 9.33. The number of benzene rings is 1. The molecule has 0 saturated heterocycles. The molecule has 0 bridgehead atoms. The topological polar surface area (TPSA) is 58.0 Å². The van der Waals surface area contributed by atoms with E-state index in [-0.39, 0.29) is 11.3 Å². The summed E-state index contributed by atoms with van der Waals surface area (Å²) in [5.74, 6) is 0.937. The van der Waals surface area contributed by atoms with Crippen molar-refractivity contribution in [1.82, 2.24) is 15.3 Å². The van der Waals surface area contributed by atoms with E-state index >= 15 is 0 Å². The standard InChI is InChI=1S/C16H21N3O/c1-11-9-13(10-17-16(2,3)4)19-15(18-11)12-5-7-14(20)8-6-12/h5-9,17,20H,10H2,1-4H3. The zero-order valence-corrected chi connectivity index (χ0v) is 12.4. The largest absolute Gasteiger partial charge is 0.508 e. The molecule has 4 heteroatoms. The molecule has 0 saturated carbocycles. The van der Waals surface area contributed by atoms with Crippen molar-refractivity contribution in [2.45, 2.75) is 39.8 Å². The maximum Gasteiger partial charge on any atom is 0.159 e. The normalized spacial score (nSPS) is 11.6. The third-order valence-corrected chi connectivity index (χ3v) is 2.83. The second-order valence-corrected chi connectivity index (χ2v) is 5.97. The summed E-state index contributed by atoms with van der Waals surface area (Å²) >= 11 is 0. The van der Waals surface area contributed by atoms with E-state index in [0.717, 1.165) is 17.0 Å². The molecule has 0 amide bonds. The Morgan fingerprint density at radius 1 is 1.10 bits per heavy atom. The van der Waals surface area contributed by atoms with Gasteiger partial charge in [0.1, 0.15) is 5.75 Å². The van der Waals surface area contributed by atoms with Crippen LogP contribution in [0, 0.1) is 6.92 Å². The molecule has 2 rings (SSSR count). The molecular formula is C16H21N3O. The Hall–Kier alpha value is -1.94. The zero-order chi connectivity index (χ0) is 14.8. The number of aryl methyl sites for hydroxylation is 1. The third kappa shape index (κ3) is 4.03. The first-order valence-electron chi connectivity index (χ1n) is 6.72. The number of nitrogens with one attached hydrogen (secondary N) is 1. The van der Waals surface area contributed by atoms with Gasteiger partial charge in [0.2, 0.25) is 0 Å². The van der Waals surface area contributed by atoms with Gasteiger partial charge in [-0.1, -0.05) is 0 Å². The van der Waals surface area contributed by atoms with Crippen molar-refractivity contribution in [3.8, 4) is 17.1 Å². The van der Waals surface area contributed by atoms with E-state index in [1.807, 2.05) is 25.1 Å². The van der Waals surface area contributed by atoms with Gasteiger partial charge in [-0.3, -0.25) is 0 Å². The lowest BCUT2D eigenvalue weighted by Crippen LogP contribution is -2.35. The molecule has 1 heterocycles. The summed E-state index contributed by atoms with van der Waals surface area (Å²) in [5, 5.41) is 12.8. The fourth-order valence-corrected chi connectivity index (χ4v) is 1.82. The number of hydrogen-bond acceptors (Lipinski definition) is 4. The van der Waals surface area contributed by atoms with Crippen LogP contribution in [-0.4, -0.2) is 20.6 Å². The number of aromatic hydroxyl groups is 1. The molecule has 0 spiro atoms. The monoisotopic (exact) mass is 271 g/mol. The van der Waals surface area contributed by atoms with Gasteiger partial charge in [0.05, 0.1) is 5.69 Å². The van der Waals surface area contributed by atoms with Crippen LogP contribution >= 0.6 is 0 Å². The summed E-state index contributed by atoms with van der Waals surface area (Å²) in [4.78, 5) is 9.04. The number of phenolic OH excluding ortho intramolecular Hbond substituents is 1. The summed E-state index contributed by atoms with van der Waals surface area (Å²) in [6.07, 6.45) is 0. The van der Waals surface area contributed by atoms with Gasteiger partial charge < -0.3 is 10.4 Å². The smallest absolute Gasteiger partial charge is 0.159 e. The van der Waals surface area contributed by atoms with Crippen LogP contribution < -0.4 is 5.32 Å². The molecule has 106 valence electrons. The Kier molecular flexibility index (Phi) is 4.04. The van der Waals surface area contributed by atoms with Gasteiger partial charge in [0.25, 0.3) is 0 Å². The highest BCUT2D eigenvalue weighted by atomic mass is 16.3. The van der Waals surface area contributed by atoms with Crippen LogP contribution in [0.3, 0.4) is 0 Å². The molecule has 0 unspecified atom stereocenters. The Labute approximate surface area is 119 Å². The molecule has 0 atom stereocenters. The minimum absolute atomic E-state index is 0.0531. The van der Waals surface area contributed by atoms with Crippen molar-refractivity contribution in [3.63, 3.8) is 0 Å². The van der Waals surface area contributed by atoms with Gasteiger partial charge in [-0.2, -0.15) is 0 Å². The maximum absolute atomic E-state index is 9.34. The molecule has 2 N–H and O–H groups in total. The summed E-state index contributed by atoms with van der Waals surface area (Å²) < 4.78 is 0. The summed E-state index contributed by atoms with van der Waals surface area (Å²) in [6, 6.07) is 8.93. The molecule has 1 aromatic carbocycles.